The Morgan fingerprint density at radius 3 is 2.82 bits per heavy atom. The molecular weight excluding hydrogens is 232 g/mol. The summed E-state index contributed by atoms with van der Waals surface area (Å²) in [6.07, 6.45) is 2.22. The van der Waals surface area contributed by atoms with E-state index in [9.17, 15) is 0 Å². The maximum Gasteiger partial charge on any atom is 0.0934 e. The van der Waals surface area contributed by atoms with Gasteiger partial charge in [0.2, 0.25) is 0 Å². The predicted octanol–water partition coefficient (Wildman–Crippen LogP) is 2.65. The Balaban J connectivity index is 2.44. The minimum absolute atomic E-state index is 0.290. The van der Waals surface area contributed by atoms with Crippen LogP contribution in [0.25, 0.3) is 0 Å². The van der Waals surface area contributed by atoms with Gasteiger partial charge < -0.3 is 10.1 Å². The Bertz CT molecular complexity index is 327. The van der Waals surface area contributed by atoms with Crippen molar-refractivity contribution in [3.05, 3.63) is 16.1 Å². The van der Waals surface area contributed by atoms with Crippen LogP contribution in [0.4, 0.5) is 0 Å². The van der Waals surface area contributed by atoms with Gasteiger partial charge in [-0.1, -0.05) is 13.8 Å². The van der Waals surface area contributed by atoms with E-state index in [4.69, 9.17) is 4.74 Å². The normalized spacial score (nSPS) is 14.8. The van der Waals surface area contributed by atoms with Crippen LogP contribution in [0.5, 0.6) is 0 Å². The number of nitrogens with zero attached hydrogens (tertiary/aromatic N) is 1. The zero-order valence-corrected chi connectivity index (χ0v) is 12.2. The standard InChI is InChI=1S/C13H24N2OS/c1-5-13(3,10-14-6-7-16-4)8-12-15-11(2)9-17-12/h9,14H,5-8,10H2,1-4H3. The van der Waals surface area contributed by atoms with Gasteiger partial charge in [0, 0.05) is 37.7 Å². The van der Waals surface area contributed by atoms with Gasteiger partial charge in [0.1, 0.15) is 0 Å². The van der Waals surface area contributed by atoms with Gasteiger partial charge in [-0.2, -0.15) is 0 Å². The van der Waals surface area contributed by atoms with Crippen LogP contribution in [0.2, 0.25) is 0 Å². The van der Waals surface area contributed by atoms with Crippen LogP contribution in [0.3, 0.4) is 0 Å². The van der Waals surface area contributed by atoms with E-state index in [2.05, 4.69) is 36.5 Å². The molecule has 0 bridgehead atoms. The quantitative estimate of drug-likeness (QED) is 0.726. The van der Waals surface area contributed by atoms with Crippen LogP contribution >= 0.6 is 11.3 Å². The minimum atomic E-state index is 0.290. The Hall–Kier alpha value is -0.450. The van der Waals surface area contributed by atoms with Crippen molar-refractivity contribution in [2.24, 2.45) is 5.41 Å². The molecule has 0 aliphatic heterocycles. The number of aryl methyl sites for hydroxylation is 1. The molecule has 0 spiro atoms. The van der Waals surface area contributed by atoms with E-state index in [1.54, 1.807) is 18.4 Å². The Morgan fingerprint density at radius 1 is 1.53 bits per heavy atom. The predicted molar refractivity (Wildman–Crippen MR) is 73.7 cm³/mol. The van der Waals surface area contributed by atoms with Crippen molar-refractivity contribution in [2.45, 2.75) is 33.6 Å². The molecular formula is C13H24N2OS. The topological polar surface area (TPSA) is 34.1 Å². The Morgan fingerprint density at radius 2 is 2.29 bits per heavy atom. The van der Waals surface area contributed by atoms with E-state index in [1.807, 2.05) is 0 Å². The van der Waals surface area contributed by atoms with Gasteiger partial charge in [-0.05, 0) is 18.8 Å². The minimum Gasteiger partial charge on any atom is -0.383 e. The van der Waals surface area contributed by atoms with Crippen LogP contribution in [0.1, 0.15) is 31.0 Å². The summed E-state index contributed by atoms with van der Waals surface area (Å²) in [4.78, 5) is 4.55. The van der Waals surface area contributed by atoms with Gasteiger partial charge in [0.25, 0.3) is 0 Å². The first-order chi connectivity index (χ1) is 8.09. The molecule has 0 aliphatic rings. The molecule has 98 valence electrons. The first-order valence-corrected chi connectivity index (χ1v) is 7.08. The number of aromatic nitrogens is 1. The molecule has 17 heavy (non-hydrogen) atoms. The number of rotatable bonds is 8. The SMILES string of the molecule is CCC(C)(CNCCOC)Cc1nc(C)cs1. The summed E-state index contributed by atoms with van der Waals surface area (Å²) < 4.78 is 5.04. The second-order valence-corrected chi connectivity index (χ2v) is 5.84. The van der Waals surface area contributed by atoms with Crippen molar-refractivity contribution in [1.82, 2.24) is 10.3 Å². The van der Waals surface area contributed by atoms with Gasteiger partial charge in [0.05, 0.1) is 11.6 Å². The monoisotopic (exact) mass is 256 g/mol. The fourth-order valence-corrected chi connectivity index (χ4v) is 2.71. The molecule has 0 aromatic carbocycles. The summed E-state index contributed by atoms with van der Waals surface area (Å²) in [6.45, 7) is 9.34. The fourth-order valence-electron chi connectivity index (χ4n) is 1.73. The summed E-state index contributed by atoms with van der Waals surface area (Å²) in [5.41, 5.74) is 1.42. The van der Waals surface area contributed by atoms with E-state index in [1.165, 1.54) is 5.01 Å². The molecule has 0 amide bonds. The van der Waals surface area contributed by atoms with Gasteiger partial charge >= 0.3 is 0 Å². The van der Waals surface area contributed by atoms with Crippen LogP contribution in [0.15, 0.2) is 5.38 Å². The van der Waals surface area contributed by atoms with Gasteiger partial charge in [0.15, 0.2) is 0 Å². The Labute approximate surface area is 109 Å². The number of hydrogen-bond acceptors (Lipinski definition) is 4. The fraction of sp³-hybridized carbons (Fsp3) is 0.769. The van der Waals surface area contributed by atoms with E-state index in [0.717, 1.165) is 38.2 Å². The van der Waals surface area contributed by atoms with Crippen LogP contribution in [0, 0.1) is 12.3 Å². The van der Waals surface area contributed by atoms with Crippen molar-refractivity contribution in [1.29, 1.82) is 0 Å². The van der Waals surface area contributed by atoms with Crippen LogP contribution < -0.4 is 5.32 Å². The van der Waals surface area contributed by atoms with Crippen molar-refractivity contribution < 1.29 is 4.74 Å². The molecule has 1 aromatic heterocycles. The number of nitrogens with one attached hydrogen (secondary N) is 1. The second kappa shape index (κ2) is 7.09. The summed E-state index contributed by atoms with van der Waals surface area (Å²) in [5.74, 6) is 0. The van der Waals surface area contributed by atoms with Gasteiger partial charge in [-0.3, -0.25) is 0 Å². The highest BCUT2D eigenvalue weighted by molar-refractivity contribution is 7.09. The molecule has 0 saturated heterocycles. The highest BCUT2D eigenvalue weighted by Gasteiger charge is 2.23. The lowest BCUT2D eigenvalue weighted by molar-refractivity contribution is 0.191. The smallest absolute Gasteiger partial charge is 0.0934 e. The van der Waals surface area contributed by atoms with Gasteiger partial charge in [-0.25, -0.2) is 4.98 Å². The lowest BCUT2D eigenvalue weighted by Gasteiger charge is -2.27. The Kier molecular flexibility index (Phi) is 6.09. The zero-order valence-electron chi connectivity index (χ0n) is 11.4. The highest BCUT2D eigenvalue weighted by atomic mass is 32.1. The lowest BCUT2D eigenvalue weighted by atomic mass is 9.84. The van der Waals surface area contributed by atoms with E-state index < -0.39 is 0 Å². The third-order valence-corrected chi connectivity index (χ3v) is 4.10. The molecule has 1 N–H and O–H groups in total. The summed E-state index contributed by atoms with van der Waals surface area (Å²) in [6, 6.07) is 0. The zero-order chi connectivity index (χ0) is 12.7. The third kappa shape index (κ3) is 5.15. The average molecular weight is 256 g/mol. The van der Waals surface area contributed by atoms with Crippen LogP contribution in [-0.2, 0) is 11.2 Å². The van der Waals surface area contributed by atoms with Gasteiger partial charge in [-0.15, -0.1) is 11.3 Å². The van der Waals surface area contributed by atoms with Crippen molar-refractivity contribution in [3.63, 3.8) is 0 Å². The first-order valence-electron chi connectivity index (χ1n) is 6.20. The van der Waals surface area contributed by atoms with Crippen molar-refractivity contribution in [2.75, 3.05) is 26.8 Å². The third-order valence-electron chi connectivity index (χ3n) is 3.13. The maximum absolute atomic E-state index is 5.04. The summed E-state index contributed by atoms with van der Waals surface area (Å²) >= 11 is 1.77. The van der Waals surface area contributed by atoms with Crippen molar-refractivity contribution in [3.8, 4) is 0 Å². The van der Waals surface area contributed by atoms with E-state index in [0.29, 0.717) is 0 Å². The second-order valence-electron chi connectivity index (χ2n) is 4.89. The van der Waals surface area contributed by atoms with E-state index >= 15 is 0 Å². The molecule has 0 fully saturated rings. The summed E-state index contributed by atoms with van der Waals surface area (Å²) in [5, 5.41) is 6.84. The molecule has 0 saturated carbocycles. The molecule has 1 aromatic rings. The van der Waals surface area contributed by atoms with Crippen molar-refractivity contribution >= 4 is 11.3 Å². The number of methoxy groups -OCH3 is 1. The molecule has 1 rings (SSSR count). The summed E-state index contributed by atoms with van der Waals surface area (Å²) in [7, 11) is 1.74. The lowest BCUT2D eigenvalue weighted by Crippen LogP contribution is -2.34. The van der Waals surface area contributed by atoms with Crippen LogP contribution in [-0.4, -0.2) is 31.8 Å². The molecule has 3 nitrogen and oxygen atoms in total. The molecule has 4 heteroatoms. The maximum atomic E-state index is 5.04. The molecule has 0 radical (unpaired) electrons. The molecule has 1 unspecified atom stereocenters. The highest BCUT2D eigenvalue weighted by Crippen LogP contribution is 2.27. The average Bonchev–Trinajstić information content (AvgIpc) is 2.70. The molecule has 1 heterocycles. The number of hydrogen-bond donors (Lipinski definition) is 1. The number of thiazole rings is 1. The molecule has 1 atom stereocenters. The largest absolute Gasteiger partial charge is 0.383 e. The first kappa shape index (κ1) is 14.6. The van der Waals surface area contributed by atoms with E-state index in [-0.39, 0.29) is 5.41 Å². The number of ether oxygens (including phenoxy) is 1. The molecule has 0 aliphatic carbocycles.